The zero-order chi connectivity index (χ0) is 14.8. The number of hydrogen-bond acceptors (Lipinski definition) is 1. The minimum atomic E-state index is -0.182. The van der Waals surface area contributed by atoms with Crippen LogP contribution in [0.3, 0.4) is 0 Å². The quantitative estimate of drug-likeness (QED) is 0.613. The summed E-state index contributed by atoms with van der Waals surface area (Å²) in [4.78, 5) is 6.75. The molecule has 112 valence electrons. The molecule has 1 rings (SSSR count). The molecule has 0 fully saturated rings. The van der Waals surface area contributed by atoms with Crippen LogP contribution >= 0.6 is 0 Å². The van der Waals surface area contributed by atoms with E-state index >= 15 is 0 Å². The Morgan fingerprint density at radius 1 is 1.35 bits per heavy atom. The lowest BCUT2D eigenvalue weighted by atomic mass is 10.1. The van der Waals surface area contributed by atoms with Crippen molar-refractivity contribution in [1.82, 2.24) is 10.2 Å². The van der Waals surface area contributed by atoms with Crippen molar-refractivity contribution in [3.05, 3.63) is 35.6 Å². The standard InChI is InChI=1S/C16H26FN3/c1-4-6-12-20(3)16(18-5-2)19-11-10-14-8-7-9-15(17)13-14/h7-9,13H,4-6,10-12H2,1-3H3,(H,18,19). The molecule has 1 N–H and O–H groups in total. The molecule has 4 heteroatoms. The Balaban J connectivity index is 2.53. The number of halogens is 1. The maximum atomic E-state index is 13.1. The number of nitrogens with one attached hydrogen (secondary N) is 1. The average Bonchev–Trinajstić information content (AvgIpc) is 2.44. The van der Waals surface area contributed by atoms with Crippen LogP contribution < -0.4 is 5.32 Å². The fourth-order valence-electron chi connectivity index (χ4n) is 1.95. The number of nitrogens with zero attached hydrogens (tertiary/aromatic N) is 2. The van der Waals surface area contributed by atoms with E-state index in [-0.39, 0.29) is 5.82 Å². The van der Waals surface area contributed by atoms with Crippen molar-refractivity contribution in [3.8, 4) is 0 Å². The molecule has 1 aromatic rings. The SMILES string of the molecule is CCCCN(C)C(=NCCc1cccc(F)c1)NCC. The molecule has 20 heavy (non-hydrogen) atoms. The number of guanidine groups is 1. The molecule has 0 aliphatic carbocycles. The van der Waals surface area contributed by atoms with Gasteiger partial charge in [0, 0.05) is 26.7 Å². The lowest BCUT2D eigenvalue weighted by Gasteiger charge is -2.21. The molecular weight excluding hydrogens is 253 g/mol. The van der Waals surface area contributed by atoms with Gasteiger partial charge >= 0.3 is 0 Å². The molecule has 0 aromatic heterocycles. The van der Waals surface area contributed by atoms with E-state index in [0.29, 0.717) is 6.54 Å². The molecule has 0 spiro atoms. The van der Waals surface area contributed by atoms with Crippen LogP contribution in [-0.4, -0.2) is 37.5 Å². The average molecular weight is 279 g/mol. The van der Waals surface area contributed by atoms with Crippen molar-refractivity contribution in [3.63, 3.8) is 0 Å². The van der Waals surface area contributed by atoms with E-state index in [1.54, 1.807) is 12.1 Å². The molecule has 0 aliphatic rings. The van der Waals surface area contributed by atoms with Crippen LogP contribution in [0.25, 0.3) is 0 Å². The molecule has 0 atom stereocenters. The lowest BCUT2D eigenvalue weighted by molar-refractivity contribution is 0.465. The molecule has 1 aromatic carbocycles. The highest BCUT2D eigenvalue weighted by atomic mass is 19.1. The Hall–Kier alpha value is -1.58. The number of rotatable bonds is 7. The van der Waals surface area contributed by atoms with Gasteiger partial charge in [0.25, 0.3) is 0 Å². The van der Waals surface area contributed by atoms with Crippen molar-refractivity contribution >= 4 is 5.96 Å². The number of hydrogen-bond donors (Lipinski definition) is 1. The highest BCUT2D eigenvalue weighted by Gasteiger charge is 2.04. The van der Waals surface area contributed by atoms with E-state index in [9.17, 15) is 4.39 Å². The number of benzene rings is 1. The smallest absolute Gasteiger partial charge is 0.193 e. The van der Waals surface area contributed by atoms with Crippen LogP contribution in [0.1, 0.15) is 32.3 Å². The van der Waals surface area contributed by atoms with Gasteiger partial charge in [0.1, 0.15) is 5.82 Å². The zero-order valence-electron chi connectivity index (χ0n) is 12.8. The third-order valence-electron chi connectivity index (χ3n) is 3.09. The van der Waals surface area contributed by atoms with Crippen LogP contribution in [0.5, 0.6) is 0 Å². The molecule has 0 radical (unpaired) electrons. The van der Waals surface area contributed by atoms with Crippen molar-refractivity contribution in [2.24, 2.45) is 4.99 Å². The molecule has 0 saturated carbocycles. The van der Waals surface area contributed by atoms with Gasteiger partial charge < -0.3 is 10.2 Å². The van der Waals surface area contributed by atoms with E-state index in [0.717, 1.165) is 37.5 Å². The van der Waals surface area contributed by atoms with Gasteiger partial charge in [-0.25, -0.2) is 4.39 Å². The second-order valence-electron chi connectivity index (χ2n) is 4.89. The summed E-state index contributed by atoms with van der Waals surface area (Å²) in [6.07, 6.45) is 3.09. The first-order chi connectivity index (χ1) is 9.67. The van der Waals surface area contributed by atoms with Crippen molar-refractivity contribution in [2.75, 3.05) is 26.7 Å². The Kier molecular flexibility index (Phi) is 7.70. The lowest BCUT2D eigenvalue weighted by Crippen LogP contribution is -2.39. The van der Waals surface area contributed by atoms with Crippen molar-refractivity contribution in [1.29, 1.82) is 0 Å². The van der Waals surface area contributed by atoms with Crippen LogP contribution in [0.4, 0.5) is 4.39 Å². The summed E-state index contributed by atoms with van der Waals surface area (Å²) in [6.45, 7) is 6.78. The Labute approximate surface area is 121 Å². The van der Waals surface area contributed by atoms with Gasteiger partial charge in [0.15, 0.2) is 5.96 Å². The molecule has 3 nitrogen and oxygen atoms in total. The van der Waals surface area contributed by atoms with Gasteiger partial charge in [0.2, 0.25) is 0 Å². The monoisotopic (exact) mass is 279 g/mol. The normalized spacial score (nSPS) is 11.5. The Morgan fingerprint density at radius 2 is 2.15 bits per heavy atom. The topological polar surface area (TPSA) is 27.6 Å². The number of unbranched alkanes of at least 4 members (excludes halogenated alkanes) is 1. The van der Waals surface area contributed by atoms with E-state index in [2.05, 4.69) is 36.1 Å². The Bertz CT molecular complexity index is 418. The summed E-state index contributed by atoms with van der Waals surface area (Å²) >= 11 is 0. The predicted molar refractivity (Wildman–Crippen MR) is 83.6 cm³/mol. The largest absolute Gasteiger partial charge is 0.357 e. The molecular formula is C16H26FN3. The summed E-state index contributed by atoms with van der Waals surface area (Å²) in [7, 11) is 2.05. The van der Waals surface area contributed by atoms with Gasteiger partial charge in [-0.1, -0.05) is 25.5 Å². The summed E-state index contributed by atoms with van der Waals surface area (Å²) in [5.41, 5.74) is 0.987. The van der Waals surface area contributed by atoms with Gasteiger partial charge in [-0.2, -0.15) is 0 Å². The second kappa shape index (κ2) is 9.34. The van der Waals surface area contributed by atoms with E-state index < -0.39 is 0 Å². The third-order valence-corrected chi connectivity index (χ3v) is 3.09. The highest BCUT2D eigenvalue weighted by molar-refractivity contribution is 5.79. The maximum Gasteiger partial charge on any atom is 0.193 e. The van der Waals surface area contributed by atoms with Crippen LogP contribution in [0, 0.1) is 5.82 Å². The number of aliphatic imine (C=N–C) groups is 1. The molecule has 0 aliphatic heterocycles. The highest BCUT2D eigenvalue weighted by Crippen LogP contribution is 2.04. The molecule has 0 bridgehead atoms. The molecule has 0 unspecified atom stereocenters. The van der Waals surface area contributed by atoms with E-state index in [4.69, 9.17) is 0 Å². The first-order valence-electron chi connectivity index (χ1n) is 7.41. The molecule has 0 heterocycles. The van der Waals surface area contributed by atoms with Gasteiger partial charge in [-0.15, -0.1) is 0 Å². The maximum absolute atomic E-state index is 13.1. The van der Waals surface area contributed by atoms with E-state index in [1.165, 1.54) is 12.5 Å². The predicted octanol–water partition coefficient (Wildman–Crippen LogP) is 3.07. The van der Waals surface area contributed by atoms with Crippen LogP contribution in [0.15, 0.2) is 29.3 Å². The Morgan fingerprint density at radius 3 is 2.80 bits per heavy atom. The summed E-state index contributed by atoms with van der Waals surface area (Å²) < 4.78 is 13.1. The van der Waals surface area contributed by atoms with Crippen LogP contribution in [-0.2, 0) is 6.42 Å². The zero-order valence-corrected chi connectivity index (χ0v) is 12.8. The van der Waals surface area contributed by atoms with E-state index in [1.807, 2.05) is 6.07 Å². The van der Waals surface area contributed by atoms with Gasteiger partial charge in [-0.3, -0.25) is 4.99 Å². The first-order valence-corrected chi connectivity index (χ1v) is 7.41. The third kappa shape index (κ3) is 6.04. The first kappa shape index (κ1) is 16.5. The summed E-state index contributed by atoms with van der Waals surface area (Å²) in [5.74, 6) is 0.746. The fraction of sp³-hybridized carbons (Fsp3) is 0.562. The summed E-state index contributed by atoms with van der Waals surface area (Å²) in [6, 6.07) is 6.72. The van der Waals surface area contributed by atoms with Crippen molar-refractivity contribution in [2.45, 2.75) is 33.1 Å². The van der Waals surface area contributed by atoms with Gasteiger partial charge in [-0.05, 0) is 37.5 Å². The summed E-state index contributed by atoms with van der Waals surface area (Å²) in [5, 5.41) is 3.29. The molecule has 0 saturated heterocycles. The van der Waals surface area contributed by atoms with Crippen molar-refractivity contribution < 1.29 is 4.39 Å². The van der Waals surface area contributed by atoms with Gasteiger partial charge in [0.05, 0.1) is 0 Å². The van der Waals surface area contributed by atoms with Crippen LogP contribution in [0.2, 0.25) is 0 Å². The second-order valence-corrected chi connectivity index (χ2v) is 4.89. The molecule has 0 amide bonds. The fourth-order valence-corrected chi connectivity index (χ4v) is 1.95. The minimum Gasteiger partial charge on any atom is -0.357 e. The minimum absolute atomic E-state index is 0.182.